The number of carbonyl (C=O) groups is 2. The smallest absolute Gasteiger partial charge is 0.240 e. The normalized spacial score (nSPS) is 27.4. The van der Waals surface area contributed by atoms with Crippen molar-refractivity contribution in [3.8, 4) is 17.9 Å². The maximum atomic E-state index is 14.1. The molecule has 3 aromatic carbocycles. The largest absolute Gasteiger partial charge is 0.493 e. The van der Waals surface area contributed by atoms with Gasteiger partial charge in [0.15, 0.2) is 0 Å². The maximum absolute atomic E-state index is 14.1. The second-order valence-electron chi connectivity index (χ2n) is 10.5. The van der Waals surface area contributed by atoms with Crippen LogP contribution in [-0.4, -0.2) is 29.6 Å². The summed E-state index contributed by atoms with van der Waals surface area (Å²) in [5, 5.41) is 20.0. The molecule has 0 N–H and O–H groups in total. The molecule has 7 nitrogen and oxygen atoms in total. The zero-order valence-corrected chi connectivity index (χ0v) is 21.1. The minimum atomic E-state index is -0.768. The molecule has 38 heavy (non-hydrogen) atoms. The fraction of sp³-hybridized carbons (Fsp3) is 0.355. The minimum absolute atomic E-state index is 0.210. The van der Waals surface area contributed by atoms with Crippen molar-refractivity contribution in [1.29, 1.82) is 10.5 Å². The van der Waals surface area contributed by atoms with Gasteiger partial charge in [-0.2, -0.15) is 10.5 Å². The first kappa shape index (κ1) is 24.2. The number of ether oxygens (including phenoxy) is 2. The molecule has 0 spiro atoms. The number of nitriles is 2. The molecule has 3 heterocycles. The second kappa shape index (κ2) is 8.97. The summed E-state index contributed by atoms with van der Waals surface area (Å²) < 4.78 is 12.7. The quantitative estimate of drug-likeness (QED) is 0.406. The molecule has 0 unspecified atom stereocenters. The third kappa shape index (κ3) is 3.43. The Balaban J connectivity index is 1.34. The van der Waals surface area contributed by atoms with Gasteiger partial charge in [-0.1, -0.05) is 37.6 Å². The minimum Gasteiger partial charge on any atom is -0.493 e. The summed E-state index contributed by atoms with van der Waals surface area (Å²) in [6.45, 7) is 2.41. The molecule has 0 radical (unpaired) electrons. The van der Waals surface area contributed by atoms with E-state index in [4.69, 9.17) is 14.7 Å². The van der Waals surface area contributed by atoms with Crippen LogP contribution in [0.5, 0.6) is 5.75 Å². The van der Waals surface area contributed by atoms with Crippen LogP contribution in [0.2, 0.25) is 0 Å². The summed E-state index contributed by atoms with van der Waals surface area (Å²) in [6.07, 6.45) is 3.49. The molecule has 7 heteroatoms. The molecule has 6 rings (SSSR count). The van der Waals surface area contributed by atoms with Crippen LogP contribution in [0.3, 0.4) is 0 Å². The van der Waals surface area contributed by atoms with Gasteiger partial charge in [-0.15, -0.1) is 0 Å². The van der Waals surface area contributed by atoms with E-state index >= 15 is 0 Å². The summed E-state index contributed by atoms with van der Waals surface area (Å²) in [6, 6.07) is 22.0. The third-order valence-corrected chi connectivity index (χ3v) is 8.53. The lowest BCUT2D eigenvalue weighted by Crippen LogP contribution is -2.43. The maximum Gasteiger partial charge on any atom is 0.240 e. The van der Waals surface area contributed by atoms with Gasteiger partial charge in [0.05, 0.1) is 58.6 Å². The molecule has 3 aliphatic rings. The van der Waals surface area contributed by atoms with Crippen LogP contribution in [0.15, 0.2) is 60.7 Å². The second-order valence-corrected chi connectivity index (χ2v) is 10.5. The molecular formula is C31H27N3O4. The van der Waals surface area contributed by atoms with Gasteiger partial charge >= 0.3 is 0 Å². The number of hydrogen-bond acceptors (Lipinski definition) is 6. The topological polar surface area (TPSA) is 103 Å². The molecule has 0 aromatic heterocycles. The molecule has 4 atom stereocenters. The summed E-state index contributed by atoms with van der Waals surface area (Å²) in [5.41, 5.74) is 0.169. The Morgan fingerprint density at radius 3 is 2.18 bits per heavy atom. The van der Waals surface area contributed by atoms with Gasteiger partial charge in [0, 0.05) is 17.2 Å². The van der Waals surface area contributed by atoms with Gasteiger partial charge < -0.3 is 9.47 Å². The molecule has 2 bridgehead atoms. The Morgan fingerprint density at radius 2 is 1.55 bits per heavy atom. The highest BCUT2D eigenvalue weighted by Gasteiger charge is 2.75. The molecule has 0 aliphatic carbocycles. The van der Waals surface area contributed by atoms with E-state index in [1.165, 1.54) is 4.90 Å². The summed E-state index contributed by atoms with van der Waals surface area (Å²) in [7, 11) is 0. The lowest BCUT2D eigenvalue weighted by molar-refractivity contribution is -0.132. The molecule has 3 aromatic rings. The van der Waals surface area contributed by atoms with Gasteiger partial charge in [-0.3, -0.25) is 9.59 Å². The van der Waals surface area contributed by atoms with Crippen molar-refractivity contribution >= 4 is 28.3 Å². The number of fused-ring (bicyclic) bond motifs is 6. The van der Waals surface area contributed by atoms with Gasteiger partial charge in [0.25, 0.3) is 0 Å². The average molecular weight is 506 g/mol. The monoisotopic (exact) mass is 505 g/mol. The highest BCUT2D eigenvalue weighted by Crippen LogP contribution is 2.64. The van der Waals surface area contributed by atoms with Crippen molar-refractivity contribution in [2.24, 2.45) is 11.8 Å². The number of imide groups is 1. The molecular weight excluding hydrogens is 478 g/mol. The number of anilines is 1. The van der Waals surface area contributed by atoms with E-state index in [0.717, 1.165) is 18.2 Å². The summed E-state index contributed by atoms with van der Waals surface area (Å²) in [5.74, 6) is -0.904. The summed E-state index contributed by atoms with van der Waals surface area (Å²) >= 11 is 0. The first-order valence-electron chi connectivity index (χ1n) is 13.1. The van der Waals surface area contributed by atoms with Crippen molar-refractivity contribution in [3.05, 3.63) is 71.8 Å². The van der Waals surface area contributed by atoms with Gasteiger partial charge in [0.1, 0.15) is 5.75 Å². The van der Waals surface area contributed by atoms with Gasteiger partial charge in [-0.25, -0.2) is 4.90 Å². The Labute approximate surface area is 221 Å². The van der Waals surface area contributed by atoms with Crippen LogP contribution in [0.4, 0.5) is 5.69 Å². The highest BCUT2D eigenvalue weighted by molar-refractivity contribution is 6.26. The van der Waals surface area contributed by atoms with Crippen LogP contribution in [0, 0.1) is 34.5 Å². The molecule has 2 amide bonds. The first-order valence-corrected chi connectivity index (χ1v) is 13.1. The van der Waals surface area contributed by atoms with Crippen LogP contribution in [-0.2, 0) is 14.3 Å². The highest BCUT2D eigenvalue weighted by atomic mass is 16.5. The Morgan fingerprint density at radius 1 is 0.895 bits per heavy atom. The van der Waals surface area contributed by atoms with Crippen molar-refractivity contribution in [2.75, 3.05) is 11.5 Å². The van der Waals surface area contributed by atoms with Crippen LogP contribution in [0.1, 0.15) is 50.2 Å². The van der Waals surface area contributed by atoms with Crippen molar-refractivity contribution < 1.29 is 19.1 Å². The van der Waals surface area contributed by atoms with Crippen LogP contribution < -0.4 is 9.64 Å². The first-order chi connectivity index (χ1) is 18.5. The number of rotatable bonds is 7. The predicted octanol–water partition coefficient (Wildman–Crippen LogP) is 5.26. The van der Waals surface area contributed by atoms with Crippen molar-refractivity contribution in [1.82, 2.24) is 0 Å². The standard InChI is InChI=1S/C31H27N3O4/c1-2-13-30-14-15-31(38-30,16-17-37-22-10-7-20(18-32)8-11-22)27-26(30)28(35)34(29(27)36)25-12-9-21(19-33)23-5-3-4-6-24(23)25/h3-12,26-27H,2,13-17H2,1H3/t26-,27+,30-,31-/m1/s1. The number of amides is 2. The molecule has 3 aliphatic heterocycles. The number of carbonyl (C=O) groups excluding carboxylic acids is 2. The van der Waals surface area contributed by atoms with Crippen LogP contribution in [0.25, 0.3) is 10.8 Å². The average Bonchev–Trinajstić information content (AvgIpc) is 3.54. The zero-order chi connectivity index (χ0) is 26.5. The van der Waals surface area contributed by atoms with E-state index in [1.54, 1.807) is 36.4 Å². The lowest BCUT2D eigenvalue weighted by Gasteiger charge is -2.31. The predicted molar refractivity (Wildman–Crippen MR) is 140 cm³/mol. The molecule has 3 fully saturated rings. The molecule has 190 valence electrons. The van der Waals surface area contributed by atoms with E-state index in [9.17, 15) is 14.9 Å². The number of nitrogens with zero attached hydrogens (tertiary/aromatic N) is 3. The fourth-order valence-electron chi connectivity index (χ4n) is 6.96. The Kier molecular flexibility index (Phi) is 5.70. The van der Waals surface area contributed by atoms with E-state index in [2.05, 4.69) is 19.1 Å². The van der Waals surface area contributed by atoms with E-state index < -0.39 is 23.0 Å². The van der Waals surface area contributed by atoms with Gasteiger partial charge in [-0.05, 0) is 55.7 Å². The number of benzene rings is 3. The fourth-order valence-corrected chi connectivity index (χ4v) is 6.96. The zero-order valence-electron chi connectivity index (χ0n) is 21.1. The lowest BCUT2D eigenvalue weighted by atomic mass is 9.65. The molecule has 0 saturated carbocycles. The van der Waals surface area contributed by atoms with Crippen LogP contribution >= 0.6 is 0 Å². The van der Waals surface area contributed by atoms with Crippen molar-refractivity contribution in [2.45, 2.75) is 50.2 Å². The SMILES string of the molecule is CCC[C@]12CC[C@](CCOc3ccc(C#N)cc3)(O1)[C@@H]1C(=O)N(c3ccc(C#N)c4ccccc34)C(=O)[C@@H]12. The summed E-state index contributed by atoms with van der Waals surface area (Å²) in [4.78, 5) is 29.6. The Hall–Kier alpha value is -4.20. The van der Waals surface area contributed by atoms with E-state index in [0.29, 0.717) is 53.8 Å². The molecule has 3 saturated heterocycles. The van der Waals surface area contributed by atoms with E-state index in [-0.39, 0.29) is 11.8 Å². The van der Waals surface area contributed by atoms with Gasteiger partial charge in [0.2, 0.25) is 11.8 Å². The Bertz CT molecular complexity index is 1540. The number of hydrogen-bond donors (Lipinski definition) is 0. The van der Waals surface area contributed by atoms with Crippen molar-refractivity contribution in [3.63, 3.8) is 0 Å². The third-order valence-electron chi connectivity index (χ3n) is 8.53. The van der Waals surface area contributed by atoms with E-state index in [1.807, 2.05) is 24.3 Å².